The van der Waals surface area contributed by atoms with E-state index in [1.54, 1.807) is 0 Å². The topological polar surface area (TPSA) is 79.4 Å². The number of H-pyrrole nitrogens is 1. The molecular weight excluding hydrogens is 297 g/mol. The summed E-state index contributed by atoms with van der Waals surface area (Å²) in [6, 6.07) is 0.820. The fourth-order valence-corrected chi connectivity index (χ4v) is 1.66. The maximum absolute atomic E-state index is 12.5. The lowest BCUT2D eigenvalue weighted by Crippen LogP contribution is -2.12. The van der Waals surface area contributed by atoms with Crippen LogP contribution in [0.1, 0.15) is 17.9 Å². The predicted octanol–water partition coefficient (Wildman–Crippen LogP) is 2.31. The van der Waals surface area contributed by atoms with E-state index in [9.17, 15) is 13.2 Å². The third-order valence-electron chi connectivity index (χ3n) is 2.35. The Morgan fingerprint density at radius 2 is 2.10 bits per heavy atom. The first-order chi connectivity index (χ1) is 9.45. The van der Waals surface area contributed by atoms with Crippen molar-refractivity contribution in [2.24, 2.45) is 0 Å². The number of hydrogen-bond donors (Lipinski definition) is 2. The Labute approximate surface area is 116 Å². The first-order valence-corrected chi connectivity index (χ1v) is 6.03. The highest BCUT2D eigenvalue weighted by molar-refractivity contribution is 6.28. The zero-order chi connectivity index (χ0) is 14.6. The first-order valence-electron chi connectivity index (χ1n) is 5.65. The van der Waals surface area contributed by atoms with Crippen LogP contribution in [0, 0.1) is 0 Å². The lowest BCUT2D eigenvalue weighted by atomic mass is 10.3. The number of nitrogens with one attached hydrogen (secondary N) is 2. The second kappa shape index (κ2) is 6.04. The van der Waals surface area contributed by atoms with Crippen molar-refractivity contribution < 1.29 is 13.2 Å². The van der Waals surface area contributed by atoms with Crippen molar-refractivity contribution in [2.45, 2.75) is 19.0 Å². The van der Waals surface area contributed by atoms with Gasteiger partial charge < -0.3 is 5.32 Å². The highest BCUT2D eigenvalue weighted by Crippen LogP contribution is 2.29. The third kappa shape index (κ3) is 4.05. The van der Waals surface area contributed by atoms with Gasteiger partial charge in [0.1, 0.15) is 18.0 Å². The van der Waals surface area contributed by atoms with E-state index in [0.717, 1.165) is 6.07 Å². The Kier molecular flexibility index (Phi) is 4.38. The van der Waals surface area contributed by atoms with Crippen LogP contribution in [-0.4, -0.2) is 31.7 Å². The molecule has 0 amide bonds. The molecule has 0 fully saturated rings. The summed E-state index contributed by atoms with van der Waals surface area (Å²) >= 11 is 5.46. The number of aromatic amines is 1. The van der Waals surface area contributed by atoms with Crippen molar-refractivity contribution in [3.05, 3.63) is 29.2 Å². The van der Waals surface area contributed by atoms with Gasteiger partial charge in [0, 0.05) is 19.0 Å². The molecule has 0 atom stereocenters. The van der Waals surface area contributed by atoms with E-state index in [1.807, 2.05) is 0 Å². The predicted molar refractivity (Wildman–Crippen MR) is 65.2 cm³/mol. The number of aromatic nitrogens is 5. The van der Waals surface area contributed by atoms with Crippen molar-refractivity contribution in [3.63, 3.8) is 0 Å². The van der Waals surface area contributed by atoms with Crippen molar-refractivity contribution in [1.29, 1.82) is 0 Å². The van der Waals surface area contributed by atoms with Crippen LogP contribution in [-0.2, 0) is 12.6 Å². The Morgan fingerprint density at radius 3 is 2.75 bits per heavy atom. The summed E-state index contributed by atoms with van der Waals surface area (Å²) in [7, 11) is 0. The molecule has 0 spiro atoms. The van der Waals surface area contributed by atoms with Gasteiger partial charge in [-0.3, -0.25) is 5.10 Å². The average Bonchev–Trinajstić information content (AvgIpc) is 2.86. The second-order valence-corrected chi connectivity index (χ2v) is 4.21. The molecule has 2 N–H and O–H groups in total. The van der Waals surface area contributed by atoms with Gasteiger partial charge >= 0.3 is 6.18 Å². The number of anilines is 1. The molecule has 0 saturated heterocycles. The smallest absolute Gasteiger partial charge is 0.370 e. The molecule has 0 bridgehead atoms. The van der Waals surface area contributed by atoms with Crippen molar-refractivity contribution in [3.8, 4) is 0 Å². The molecule has 0 saturated carbocycles. The number of rotatable bonds is 5. The fraction of sp³-hybridized carbons (Fsp3) is 0.400. The van der Waals surface area contributed by atoms with Gasteiger partial charge in [0.2, 0.25) is 5.28 Å². The normalized spacial score (nSPS) is 11.6. The molecule has 2 rings (SSSR count). The largest absolute Gasteiger partial charge is 0.433 e. The molecule has 0 unspecified atom stereocenters. The Balaban J connectivity index is 1.91. The van der Waals surface area contributed by atoms with Gasteiger partial charge in [-0.05, 0) is 18.0 Å². The van der Waals surface area contributed by atoms with E-state index in [0.29, 0.717) is 25.2 Å². The van der Waals surface area contributed by atoms with Gasteiger partial charge in [-0.2, -0.15) is 18.3 Å². The van der Waals surface area contributed by atoms with Crippen LogP contribution in [0.3, 0.4) is 0 Å². The number of hydrogen-bond acceptors (Lipinski definition) is 5. The van der Waals surface area contributed by atoms with E-state index < -0.39 is 17.2 Å². The average molecular weight is 307 g/mol. The Bertz CT molecular complexity index is 557. The van der Waals surface area contributed by atoms with E-state index in [2.05, 4.69) is 30.5 Å². The van der Waals surface area contributed by atoms with Crippen molar-refractivity contribution >= 4 is 17.4 Å². The molecule has 10 heteroatoms. The molecule has 0 aromatic carbocycles. The van der Waals surface area contributed by atoms with Gasteiger partial charge in [0.15, 0.2) is 5.69 Å². The summed E-state index contributed by atoms with van der Waals surface area (Å²) in [5.41, 5.74) is -1.07. The van der Waals surface area contributed by atoms with Crippen LogP contribution in [0.5, 0.6) is 0 Å². The van der Waals surface area contributed by atoms with Crippen LogP contribution in [0.25, 0.3) is 0 Å². The van der Waals surface area contributed by atoms with E-state index in [4.69, 9.17) is 11.6 Å². The number of alkyl halides is 3. The summed E-state index contributed by atoms with van der Waals surface area (Å²) in [6.45, 7) is 0.422. The first kappa shape index (κ1) is 14.5. The van der Waals surface area contributed by atoms with Crippen molar-refractivity contribution in [2.75, 3.05) is 11.9 Å². The number of nitrogens with zero attached hydrogens (tertiary/aromatic N) is 4. The number of aryl methyl sites for hydroxylation is 1. The van der Waals surface area contributed by atoms with Gasteiger partial charge in [-0.15, -0.1) is 0 Å². The summed E-state index contributed by atoms with van der Waals surface area (Å²) in [6.07, 6.45) is -1.89. The van der Waals surface area contributed by atoms with Crippen LogP contribution in [0.15, 0.2) is 12.4 Å². The highest BCUT2D eigenvalue weighted by Gasteiger charge is 2.33. The van der Waals surface area contributed by atoms with Crippen LogP contribution >= 0.6 is 11.6 Å². The minimum atomic E-state index is -4.55. The monoisotopic (exact) mass is 306 g/mol. The standard InChI is InChI=1S/C10H10ClF3N6/c11-9-18-6(10(12,13)14)4-8(19-9)15-3-1-2-7-16-5-17-20-7/h4-5H,1-3H2,(H,15,18,19)(H,16,17,20). The van der Waals surface area contributed by atoms with Gasteiger partial charge in [-0.1, -0.05) is 0 Å². The molecular formula is C10H10ClF3N6. The lowest BCUT2D eigenvalue weighted by molar-refractivity contribution is -0.141. The van der Waals surface area contributed by atoms with Crippen molar-refractivity contribution in [1.82, 2.24) is 25.1 Å². The molecule has 0 radical (unpaired) electrons. The van der Waals surface area contributed by atoms with E-state index >= 15 is 0 Å². The summed E-state index contributed by atoms with van der Waals surface area (Å²) < 4.78 is 37.6. The van der Waals surface area contributed by atoms with Gasteiger partial charge in [0.05, 0.1) is 0 Å². The van der Waals surface area contributed by atoms with E-state index in [-0.39, 0.29) is 5.82 Å². The van der Waals surface area contributed by atoms with Gasteiger partial charge in [-0.25, -0.2) is 15.0 Å². The minimum Gasteiger partial charge on any atom is -0.370 e. The second-order valence-electron chi connectivity index (χ2n) is 3.87. The summed E-state index contributed by atoms with van der Waals surface area (Å²) in [4.78, 5) is 10.8. The molecule has 0 aliphatic carbocycles. The minimum absolute atomic E-state index is 0.0369. The molecule has 2 aromatic heterocycles. The van der Waals surface area contributed by atoms with Crippen LogP contribution in [0.2, 0.25) is 5.28 Å². The van der Waals surface area contributed by atoms with Crippen LogP contribution < -0.4 is 5.32 Å². The summed E-state index contributed by atoms with van der Waals surface area (Å²) in [5, 5.41) is 8.70. The molecule has 0 aliphatic heterocycles. The Morgan fingerprint density at radius 1 is 1.30 bits per heavy atom. The maximum Gasteiger partial charge on any atom is 0.433 e. The van der Waals surface area contributed by atoms with E-state index in [1.165, 1.54) is 6.33 Å². The number of halogens is 4. The lowest BCUT2D eigenvalue weighted by Gasteiger charge is -2.09. The molecule has 20 heavy (non-hydrogen) atoms. The molecule has 0 aliphatic rings. The zero-order valence-corrected chi connectivity index (χ0v) is 10.8. The zero-order valence-electron chi connectivity index (χ0n) is 10.1. The molecule has 108 valence electrons. The summed E-state index contributed by atoms with van der Waals surface area (Å²) in [5.74, 6) is 0.749. The molecule has 6 nitrogen and oxygen atoms in total. The highest BCUT2D eigenvalue weighted by atomic mass is 35.5. The molecule has 2 heterocycles. The quantitative estimate of drug-likeness (QED) is 0.654. The SMILES string of the molecule is FC(F)(F)c1cc(NCCCc2ncn[nH]2)nc(Cl)n1. The van der Waals surface area contributed by atoms with Gasteiger partial charge in [0.25, 0.3) is 0 Å². The van der Waals surface area contributed by atoms with Crippen LogP contribution in [0.4, 0.5) is 19.0 Å². The fourth-order valence-electron chi connectivity index (χ4n) is 1.48. The molecule has 2 aromatic rings. The third-order valence-corrected chi connectivity index (χ3v) is 2.52. The maximum atomic E-state index is 12.5. The Hall–Kier alpha value is -1.90.